The normalized spacial score (nSPS) is 10.1. The highest BCUT2D eigenvalue weighted by Gasteiger charge is 2.13. The van der Waals surface area contributed by atoms with Crippen LogP contribution in [0.4, 0.5) is 0 Å². The first-order chi connectivity index (χ1) is 6.65. The monoisotopic (exact) mass is 338 g/mol. The summed E-state index contributed by atoms with van der Waals surface area (Å²) < 4.78 is 6.82. The Bertz CT molecular complexity index is 347. The third-order valence-electron chi connectivity index (χ3n) is 1.43. The topological polar surface area (TPSA) is 26.3 Å². The summed E-state index contributed by atoms with van der Waals surface area (Å²) in [5, 5.41) is 0. The van der Waals surface area contributed by atoms with E-state index in [2.05, 4.69) is 38.4 Å². The largest absolute Gasteiger partial charge is 0.369 e. The maximum absolute atomic E-state index is 11.6. The molecule has 0 bridgehead atoms. The predicted molar refractivity (Wildman–Crippen MR) is 65.1 cm³/mol. The molecule has 0 aliphatic rings. The number of thiophene rings is 1. The summed E-state index contributed by atoms with van der Waals surface area (Å²) in [5.74, 6) is -0.0272. The van der Waals surface area contributed by atoms with Crippen molar-refractivity contribution in [3.63, 3.8) is 0 Å². The van der Waals surface area contributed by atoms with Gasteiger partial charge in [0, 0.05) is 5.56 Å². The van der Waals surface area contributed by atoms with Gasteiger partial charge in [0.2, 0.25) is 0 Å². The summed E-state index contributed by atoms with van der Waals surface area (Å²) in [6.07, 6.45) is 1.62. The number of Topliss-reactive ketones (excluding diaryl/α,β-unsaturated/α-hetero) is 1. The van der Waals surface area contributed by atoms with Crippen molar-refractivity contribution in [3.8, 4) is 0 Å². The van der Waals surface area contributed by atoms with Crippen molar-refractivity contribution in [1.82, 2.24) is 0 Å². The fraction of sp³-hybridized carbons (Fsp3) is 0.222. The van der Waals surface area contributed by atoms with Gasteiger partial charge < -0.3 is 4.74 Å². The van der Waals surface area contributed by atoms with Gasteiger partial charge in [-0.05, 0) is 37.9 Å². The molecule has 0 radical (unpaired) electrons. The van der Waals surface area contributed by atoms with Gasteiger partial charge >= 0.3 is 0 Å². The van der Waals surface area contributed by atoms with Crippen LogP contribution in [0.15, 0.2) is 26.3 Å². The van der Waals surface area contributed by atoms with Crippen LogP contribution in [0.25, 0.3) is 0 Å². The van der Waals surface area contributed by atoms with E-state index in [1.807, 2.05) is 0 Å². The summed E-state index contributed by atoms with van der Waals surface area (Å²) in [6, 6.07) is 1.79. The molecule has 0 aliphatic carbocycles. The molecular formula is C9H8Br2O2S. The van der Waals surface area contributed by atoms with Crippen molar-refractivity contribution < 1.29 is 9.53 Å². The number of ether oxygens (including phenoxy) is 1. The van der Waals surface area contributed by atoms with E-state index in [4.69, 9.17) is 4.74 Å². The summed E-state index contributed by atoms with van der Waals surface area (Å²) in [7, 11) is 0. The number of carbonyl (C=O) groups excluding carboxylic acids is 1. The van der Waals surface area contributed by atoms with Crippen molar-refractivity contribution in [2.45, 2.75) is 0 Å². The summed E-state index contributed by atoms with van der Waals surface area (Å²) in [6.45, 7) is 3.99. The first-order valence-electron chi connectivity index (χ1n) is 3.82. The summed E-state index contributed by atoms with van der Waals surface area (Å²) in [4.78, 5) is 11.6. The van der Waals surface area contributed by atoms with Gasteiger partial charge in [-0.25, -0.2) is 0 Å². The van der Waals surface area contributed by atoms with Crippen molar-refractivity contribution in [1.29, 1.82) is 0 Å². The zero-order valence-electron chi connectivity index (χ0n) is 7.26. The molecule has 0 spiro atoms. The Balaban J connectivity index is 2.60. The Morgan fingerprint density at radius 1 is 1.64 bits per heavy atom. The Kier molecular flexibility index (Phi) is 5.01. The van der Waals surface area contributed by atoms with Crippen LogP contribution in [0.5, 0.6) is 0 Å². The molecule has 0 saturated carbocycles. The fourth-order valence-corrected chi connectivity index (χ4v) is 3.70. The first-order valence-corrected chi connectivity index (χ1v) is 6.22. The van der Waals surface area contributed by atoms with Gasteiger partial charge in [-0.3, -0.25) is 4.79 Å². The van der Waals surface area contributed by atoms with Gasteiger partial charge in [0.1, 0.15) is 6.61 Å². The minimum Gasteiger partial charge on any atom is -0.369 e. The zero-order valence-corrected chi connectivity index (χ0v) is 11.2. The minimum atomic E-state index is -0.0272. The van der Waals surface area contributed by atoms with Crippen LogP contribution in [0.2, 0.25) is 0 Å². The number of hydrogen-bond donors (Lipinski definition) is 0. The molecule has 0 aromatic carbocycles. The second-order valence-electron chi connectivity index (χ2n) is 2.46. The molecule has 14 heavy (non-hydrogen) atoms. The second kappa shape index (κ2) is 5.80. The lowest BCUT2D eigenvalue weighted by Crippen LogP contribution is -2.08. The smallest absolute Gasteiger partial charge is 0.190 e. The van der Waals surface area contributed by atoms with E-state index in [0.29, 0.717) is 12.2 Å². The Hall–Kier alpha value is 0.0300. The van der Waals surface area contributed by atoms with E-state index in [1.54, 1.807) is 12.1 Å². The van der Waals surface area contributed by atoms with Crippen LogP contribution in [-0.2, 0) is 4.74 Å². The lowest BCUT2D eigenvalue weighted by atomic mass is 10.2. The molecule has 5 heteroatoms. The average Bonchev–Trinajstić information content (AvgIpc) is 2.45. The lowest BCUT2D eigenvalue weighted by Gasteiger charge is -1.98. The Morgan fingerprint density at radius 2 is 2.36 bits per heavy atom. The van der Waals surface area contributed by atoms with Gasteiger partial charge in [-0.15, -0.1) is 17.9 Å². The molecule has 0 amide bonds. The molecule has 1 rings (SSSR count). The second-order valence-corrected chi connectivity index (χ2v) is 6.21. The van der Waals surface area contributed by atoms with Crippen LogP contribution in [0, 0.1) is 0 Å². The van der Waals surface area contributed by atoms with Gasteiger partial charge in [-0.1, -0.05) is 6.08 Å². The highest BCUT2D eigenvalue weighted by molar-refractivity contribution is 9.12. The number of carbonyl (C=O) groups is 1. The third kappa shape index (κ3) is 3.31. The Morgan fingerprint density at radius 3 is 2.86 bits per heavy atom. The van der Waals surface area contributed by atoms with E-state index in [0.717, 1.165) is 7.57 Å². The molecule has 76 valence electrons. The number of rotatable bonds is 5. The number of halogens is 2. The van der Waals surface area contributed by atoms with Gasteiger partial charge in [0.25, 0.3) is 0 Å². The summed E-state index contributed by atoms with van der Waals surface area (Å²) >= 11 is 8.10. The van der Waals surface area contributed by atoms with Crippen molar-refractivity contribution in [3.05, 3.63) is 31.9 Å². The maximum Gasteiger partial charge on any atom is 0.190 e. The molecule has 0 atom stereocenters. The van der Waals surface area contributed by atoms with Crippen molar-refractivity contribution in [2.75, 3.05) is 13.2 Å². The van der Waals surface area contributed by atoms with Crippen molar-refractivity contribution in [2.24, 2.45) is 0 Å². The molecule has 0 unspecified atom stereocenters. The van der Waals surface area contributed by atoms with Crippen molar-refractivity contribution >= 4 is 49.0 Å². The highest BCUT2D eigenvalue weighted by Crippen LogP contribution is 2.32. The highest BCUT2D eigenvalue weighted by atomic mass is 79.9. The Labute approximate surface area is 103 Å². The molecule has 2 nitrogen and oxygen atoms in total. The summed E-state index contributed by atoms with van der Waals surface area (Å²) in [5.41, 5.74) is 0.658. The molecule has 0 saturated heterocycles. The number of hydrogen-bond acceptors (Lipinski definition) is 3. The SMILES string of the molecule is C=CCOCC(=O)c1cc(Br)sc1Br. The standard InChI is InChI=1S/C9H8Br2O2S/c1-2-3-13-5-7(12)6-4-8(10)14-9(6)11/h2,4H,1,3,5H2. The van der Waals surface area contributed by atoms with Gasteiger partial charge in [0.05, 0.1) is 14.2 Å². The fourth-order valence-electron chi connectivity index (χ4n) is 0.843. The van der Waals surface area contributed by atoms with Gasteiger partial charge in [0.15, 0.2) is 5.78 Å². The van der Waals surface area contributed by atoms with E-state index < -0.39 is 0 Å². The molecule has 1 heterocycles. The van der Waals surface area contributed by atoms with E-state index in [-0.39, 0.29) is 12.4 Å². The molecule has 1 aromatic heterocycles. The van der Waals surface area contributed by atoms with E-state index >= 15 is 0 Å². The molecule has 1 aromatic rings. The minimum absolute atomic E-state index is 0.0272. The first kappa shape index (κ1) is 12.1. The van der Waals surface area contributed by atoms with Crippen LogP contribution >= 0.6 is 43.2 Å². The molecule has 0 fully saturated rings. The quantitative estimate of drug-likeness (QED) is 0.465. The lowest BCUT2D eigenvalue weighted by molar-refractivity contribution is 0.0806. The maximum atomic E-state index is 11.6. The number of ketones is 1. The van der Waals surface area contributed by atoms with E-state index in [9.17, 15) is 4.79 Å². The molecule has 0 aliphatic heterocycles. The van der Waals surface area contributed by atoms with Gasteiger partial charge in [-0.2, -0.15) is 0 Å². The van der Waals surface area contributed by atoms with Crippen LogP contribution in [-0.4, -0.2) is 19.0 Å². The zero-order chi connectivity index (χ0) is 10.6. The van der Waals surface area contributed by atoms with Crippen LogP contribution in [0.3, 0.4) is 0 Å². The molecule has 0 N–H and O–H groups in total. The van der Waals surface area contributed by atoms with E-state index in [1.165, 1.54) is 11.3 Å². The predicted octanol–water partition coefficient (Wildman–Crippen LogP) is 3.66. The van der Waals surface area contributed by atoms with Crippen LogP contribution in [0.1, 0.15) is 10.4 Å². The average molecular weight is 340 g/mol. The third-order valence-corrected chi connectivity index (χ3v) is 3.77. The molecular weight excluding hydrogens is 332 g/mol. The van der Waals surface area contributed by atoms with Crippen LogP contribution < -0.4 is 0 Å².